The zero-order valence-electron chi connectivity index (χ0n) is 15.3. The summed E-state index contributed by atoms with van der Waals surface area (Å²) in [5.74, 6) is 0.514. The van der Waals surface area contributed by atoms with Crippen molar-refractivity contribution < 1.29 is 4.79 Å². The zero-order chi connectivity index (χ0) is 18.2. The van der Waals surface area contributed by atoms with Crippen molar-refractivity contribution >= 4 is 33.8 Å². The van der Waals surface area contributed by atoms with Crippen LogP contribution < -0.4 is 4.90 Å². The lowest BCUT2D eigenvalue weighted by atomic mass is 9.93. The van der Waals surface area contributed by atoms with Crippen LogP contribution in [0.3, 0.4) is 0 Å². The highest BCUT2D eigenvalue weighted by atomic mass is 32.1. The minimum Gasteiger partial charge on any atom is -0.371 e. The number of benzene rings is 1. The molecule has 0 unspecified atom stereocenters. The molecule has 5 rings (SSSR count). The number of fused-ring (bicyclic) bond motifs is 2. The fourth-order valence-corrected chi connectivity index (χ4v) is 5.31. The molecule has 4 heterocycles. The van der Waals surface area contributed by atoms with Crippen molar-refractivity contribution in [3.05, 3.63) is 58.4 Å². The van der Waals surface area contributed by atoms with Crippen molar-refractivity contribution in [2.45, 2.75) is 25.8 Å². The number of para-hydroxylation sites is 1. The Bertz CT molecular complexity index is 969. The number of thiophene rings is 1. The zero-order valence-corrected chi connectivity index (χ0v) is 16.1. The van der Waals surface area contributed by atoms with Gasteiger partial charge in [-0.25, -0.2) is 0 Å². The van der Waals surface area contributed by atoms with Crippen molar-refractivity contribution in [1.29, 1.82) is 0 Å². The van der Waals surface area contributed by atoms with E-state index >= 15 is 0 Å². The standard InChI is InChI=1S/C22H23N3OS/c26-22(25-13-8-21-17(15-25)9-14-27-21)16-6-11-24(12-7-16)20-5-10-23-19-4-2-1-3-18(19)20/h1-5,9-10,14,16H,6-8,11-13,15H2. The Morgan fingerprint density at radius 2 is 1.93 bits per heavy atom. The molecule has 1 fully saturated rings. The number of carbonyl (C=O) groups excluding carboxylic acids is 1. The second-order valence-electron chi connectivity index (χ2n) is 7.49. The topological polar surface area (TPSA) is 36.4 Å². The number of rotatable bonds is 2. The fraction of sp³-hybridized carbons (Fsp3) is 0.364. The fourth-order valence-electron chi connectivity index (χ4n) is 4.42. The maximum atomic E-state index is 13.0. The van der Waals surface area contributed by atoms with Crippen molar-refractivity contribution in [2.75, 3.05) is 24.5 Å². The molecule has 0 bridgehead atoms. The summed E-state index contributed by atoms with van der Waals surface area (Å²) in [5, 5.41) is 3.35. The van der Waals surface area contributed by atoms with E-state index in [0.29, 0.717) is 5.91 Å². The molecule has 27 heavy (non-hydrogen) atoms. The van der Waals surface area contributed by atoms with E-state index in [1.54, 1.807) is 0 Å². The summed E-state index contributed by atoms with van der Waals surface area (Å²) in [4.78, 5) is 23.5. The Labute approximate surface area is 163 Å². The van der Waals surface area contributed by atoms with Crippen molar-refractivity contribution in [2.24, 2.45) is 5.92 Å². The van der Waals surface area contributed by atoms with E-state index in [0.717, 1.165) is 51.0 Å². The molecule has 0 N–H and O–H groups in total. The third kappa shape index (κ3) is 3.10. The normalized spacial score (nSPS) is 17.9. The number of nitrogens with zero attached hydrogens (tertiary/aromatic N) is 3. The van der Waals surface area contributed by atoms with E-state index in [-0.39, 0.29) is 5.92 Å². The van der Waals surface area contributed by atoms with Crippen LogP contribution in [0.2, 0.25) is 0 Å². The first kappa shape index (κ1) is 16.8. The molecular formula is C22H23N3OS. The Kier molecular flexibility index (Phi) is 4.32. The van der Waals surface area contributed by atoms with Crippen LogP contribution in [0, 0.1) is 5.92 Å². The number of hydrogen-bond donors (Lipinski definition) is 0. The highest BCUT2D eigenvalue weighted by Crippen LogP contribution is 2.31. The number of pyridine rings is 1. The first-order valence-electron chi connectivity index (χ1n) is 9.72. The minimum atomic E-state index is 0.162. The third-order valence-electron chi connectivity index (χ3n) is 5.93. The number of amides is 1. The first-order valence-corrected chi connectivity index (χ1v) is 10.6. The number of aromatic nitrogens is 1. The Balaban J connectivity index is 1.27. The lowest BCUT2D eigenvalue weighted by Gasteiger charge is -2.36. The van der Waals surface area contributed by atoms with Gasteiger partial charge in [0.05, 0.1) is 5.52 Å². The molecule has 0 aliphatic carbocycles. The van der Waals surface area contributed by atoms with Gasteiger partial charge >= 0.3 is 0 Å². The molecule has 4 nitrogen and oxygen atoms in total. The average molecular weight is 378 g/mol. The molecular weight excluding hydrogens is 354 g/mol. The van der Waals surface area contributed by atoms with E-state index in [1.165, 1.54) is 21.5 Å². The molecule has 2 aromatic heterocycles. The van der Waals surface area contributed by atoms with E-state index in [9.17, 15) is 4.79 Å². The molecule has 0 saturated carbocycles. The van der Waals surface area contributed by atoms with Gasteiger partial charge in [0.15, 0.2) is 0 Å². The molecule has 1 amide bonds. The summed E-state index contributed by atoms with van der Waals surface area (Å²) >= 11 is 1.82. The minimum absolute atomic E-state index is 0.162. The molecule has 3 aromatic rings. The molecule has 5 heteroatoms. The summed E-state index contributed by atoms with van der Waals surface area (Å²) in [5.41, 5.74) is 3.63. The van der Waals surface area contributed by atoms with Gasteiger partial charge in [-0.15, -0.1) is 11.3 Å². The molecule has 1 aromatic carbocycles. The third-order valence-corrected chi connectivity index (χ3v) is 6.95. The monoisotopic (exact) mass is 377 g/mol. The smallest absolute Gasteiger partial charge is 0.226 e. The Morgan fingerprint density at radius 1 is 1.07 bits per heavy atom. The van der Waals surface area contributed by atoms with Gasteiger partial charge in [-0.1, -0.05) is 18.2 Å². The number of carbonyl (C=O) groups is 1. The van der Waals surface area contributed by atoms with Crippen molar-refractivity contribution in [3.63, 3.8) is 0 Å². The summed E-state index contributed by atoms with van der Waals surface area (Å²) in [6.07, 6.45) is 4.77. The Hall–Kier alpha value is -2.40. The van der Waals surface area contributed by atoms with Gasteiger partial charge < -0.3 is 9.80 Å². The van der Waals surface area contributed by atoms with E-state index < -0.39 is 0 Å². The number of piperidine rings is 1. The van der Waals surface area contributed by atoms with Crippen LogP contribution in [0.1, 0.15) is 23.3 Å². The van der Waals surface area contributed by atoms with Crippen LogP contribution in [-0.2, 0) is 17.8 Å². The lowest BCUT2D eigenvalue weighted by Crippen LogP contribution is -2.44. The second-order valence-corrected chi connectivity index (χ2v) is 8.49. The molecule has 138 valence electrons. The van der Waals surface area contributed by atoms with Crippen LogP contribution in [0.5, 0.6) is 0 Å². The van der Waals surface area contributed by atoms with Crippen LogP contribution in [-0.4, -0.2) is 35.4 Å². The quantitative estimate of drug-likeness (QED) is 0.675. The molecule has 0 spiro atoms. The van der Waals surface area contributed by atoms with Gasteiger partial charge in [0.2, 0.25) is 5.91 Å². The highest BCUT2D eigenvalue weighted by molar-refractivity contribution is 7.10. The van der Waals surface area contributed by atoms with E-state index in [1.807, 2.05) is 23.6 Å². The van der Waals surface area contributed by atoms with Crippen molar-refractivity contribution in [1.82, 2.24) is 9.88 Å². The van der Waals surface area contributed by atoms with Crippen LogP contribution in [0.15, 0.2) is 48.0 Å². The summed E-state index contributed by atoms with van der Waals surface area (Å²) < 4.78 is 0. The summed E-state index contributed by atoms with van der Waals surface area (Å²) in [6, 6.07) is 12.6. The van der Waals surface area contributed by atoms with Gasteiger partial charge in [-0.05, 0) is 48.4 Å². The molecule has 0 atom stereocenters. The van der Waals surface area contributed by atoms with E-state index in [2.05, 4.69) is 50.5 Å². The van der Waals surface area contributed by atoms with Gasteiger partial charge in [0.25, 0.3) is 0 Å². The maximum Gasteiger partial charge on any atom is 0.226 e. The largest absolute Gasteiger partial charge is 0.371 e. The predicted molar refractivity (Wildman–Crippen MR) is 110 cm³/mol. The average Bonchev–Trinajstić information content (AvgIpc) is 3.21. The molecule has 2 aliphatic heterocycles. The first-order chi connectivity index (χ1) is 13.3. The van der Waals surface area contributed by atoms with Crippen LogP contribution >= 0.6 is 11.3 Å². The van der Waals surface area contributed by atoms with Gasteiger partial charge in [-0.3, -0.25) is 9.78 Å². The molecule has 2 aliphatic rings. The second kappa shape index (κ2) is 6.97. The van der Waals surface area contributed by atoms with Crippen molar-refractivity contribution in [3.8, 4) is 0 Å². The van der Waals surface area contributed by atoms with Gasteiger partial charge in [0.1, 0.15) is 0 Å². The van der Waals surface area contributed by atoms with Gasteiger partial charge in [-0.2, -0.15) is 0 Å². The number of anilines is 1. The molecule has 0 radical (unpaired) electrons. The summed E-state index contributed by atoms with van der Waals surface area (Å²) in [6.45, 7) is 3.54. The van der Waals surface area contributed by atoms with Crippen LogP contribution in [0.4, 0.5) is 5.69 Å². The summed E-state index contributed by atoms with van der Waals surface area (Å²) in [7, 11) is 0. The van der Waals surface area contributed by atoms with E-state index in [4.69, 9.17) is 0 Å². The highest BCUT2D eigenvalue weighted by Gasteiger charge is 2.31. The van der Waals surface area contributed by atoms with Gasteiger partial charge in [0, 0.05) is 54.2 Å². The molecule has 1 saturated heterocycles. The lowest BCUT2D eigenvalue weighted by molar-refractivity contribution is -0.137. The Morgan fingerprint density at radius 3 is 2.81 bits per heavy atom. The maximum absolute atomic E-state index is 13.0. The predicted octanol–water partition coefficient (Wildman–Crippen LogP) is 4.10. The number of hydrogen-bond acceptors (Lipinski definition) is 4. The van der Waals surface area contributed by atoms with Crippen LogP contribution in [0.25, 0.3) is 10.9 Å². The SMILES string of the molecule is O=C(C1CCN(c2ccnc3ccccc23)CC1)N1CCc2sccc2C1.